The minimum atomic E-state index is -0.500. The number of thiol groups is 1. The summed E-state index contributed by atoms with van der Waals surface area (Å²) in [4.78, 5) is -0.500. The van der Waals surface area contributed by atoms with Crippen LogP contribution in [0, 0.1) is 0 Å². The Bertz CT molecular complexity index is 217. The van der Waals surface area contributed by atoms with Gasteiger partial charge in [0, 0.05) is 5.25 Å². The normalized spacial score (nSPS) is 68.6. The number of rotatable bonds is 0. The molecule has 54 valence electrons. The quantitative estimate of drug-likeness (QED) is 0.339. The molecular formula is C6H6OS3. The maximum atomic E-state index is 9.59. The van der Waals surface area contributed by atoms with E-state index < -0.39 is 4.93 Å². The smallest absolute Gasteiger partial charge is 0.142 e. The molecule has 1 aliphatic carbocycles. The van der Waals surface area contributed by atoms with Gasteiger partial charge in [0.05, 0.1) is 9.33 Å². The molecule has 0 radical (unpaired) electrons. The molecule has 3 rings (SSSR count). The average molecular weight is 190 g/mol. The highest BCUT2D eigenvalue weighted by atomic mass is 32.2. The van der Waals surface area contributed by atoms with Crippen molar-refractivity contribution in [1.82, 2.24) is 0 Å². The number of fused-ring (bicyclic) bond motifs is 3. The van der Waals surface area contributed by atoms with E-state index in [-0.39, 0.29) is 4.08 Å². The van der Waals surface area contributed by atoms with Crippen LogP contribution >= 0.6 is 36.2 Å². The van der Waals surface area contributed by atoms with E-state index in [1.54, 1.807) is 11.8 Å². The zero-order valence-electron chi connectivity index (χ0n) is 5.02. The molecule has 2 heterocycles. The first-order chi connectivity index (χ1) is 4.64. The lowest BCUT2D eigenvalue weighted by Gasteiger charge is -2.08. The predicted octanol–water partition coefficient (Wildman–Crippen LogP) is 1.10. The van der Waals surface area contributed by atoms with Gasteiger partial charge >= 0.3 is 0 Å². The summed E-state index contributed by atoms with van der Waals surface area (Å²) in [6.45, 7) is 0. The molecule has 4 unspecified atom stereocenters. The van der Waals surface area contributed by atoms with Crippen molar-refractivity contribution >= 4 is 36.2 Å². The summed E-state index contributed by atoms with van der Waals surface area (Å²) in [6.07, 6.45) is 3.92. The molecule has 4 heteroatoms. The maximum Gasteiger partial charge on any atom is 0.142 e. The minimum Gasteiger partial charge on any atom is -0.375 e. The van der Waals surface area contributed by atoms with Gasteiger partial charge in [0.2, 0.25) is 0 Å². The van der Waals surface area contributed by atoms with Gasteiger partial charge in [-0.05, 0) is 6.08 Å². The van der Waals surface area contributed by atoms with Gasteiger partial charge in [-0.3, -0.25) is 0 Å². The molecule has 1 N–H and O–H groups in total. The standard InChI is InChI=1S/C6H6OS3/c7-5-1-2-6(8)4(10-6)3(5)9-5/h1-4,7-8H. The molecule has 3 aliphatic rings. The molecule has 1 nitrogen and oxygen atoms in total. The fourth-order valence-electron chi connectivity index (χ4n) is 1.40. The number of hydrogen-bond donors (Lipinski definition) is 2. The van der Waals surface area contributed by atoms with Crippen LogP contribution in [0.4, 0.5) is 0 Å². The molecule has 0 aromatic carbocycles. The SMILES string of the molecule is OC12C=CC3(S)SC3C1S2. The highest BCUT2D eigenvalue weighted by Gasteiger charge is 2.71. The van der Waals surface area contributed by atoms with Gasteiger partial charge in [-0.1, -0.05) is 6.08 Å². The Balaban J connectivity index is 2.04. The van der Waals surface area contributed by atoms with Gasteiger partial charge in [-0.2, -0.15) is 12.6 Å². The number of hydrogen-bond acceptors (Lipinski definition) is 4. The Labute approximate surface area is 73.1 Å². The van der Waals surface area contributed by atoms with Crippen LogP contribution in [-0.4, -0.2) is 24.6 Å². The average Bonchev–Trinajstić information content (AvgIpc) is 2.65. The topological polar surface area (TPSA) is 20.2 Å². The van der Waals surface area contributed by atoms with E-state index in [0.29, 0.717) is 10.5 Å². The van der Waals surface area contributed by atoms with Gasteiger partial charge in [0.15, 0.2) is 0 Å². The van der Waals surface area contributed by atoms with Crippen molar-refractivity contribution in [3.8, 4) is 0 Å². The number of thioether (sulfide) groups is 2. The molecule has 0 bridgehead atoms. The number of aliphatic hydroxyl groups is 1. The van der Waals surface area contributed by atoms with Gasteiger partial charge < -0.3 is 5.11 Å². The Morgan fingerprint density at radius 2 is 2.10 bits per heavy atom. The van der Waals surface area contributed by atoms with Crippen LogP contribution in [-0.2, 0) is 0 Å². The fraction of sp³-hybridized carbons (Fsp3) is 0.667. The van der Waals surface area contributed by atoms with Crippen LogP contribution in [0.1, 0.15) is 0 Å². The van der Waals surface area contributed by atoms with Crippen LogP contribution in [0.15, 0.2) is 12.2 Å². The summed E-state index contributed by atoms with van der Waals surface area (Å²) in [5, 5.41) is 10.6. The van der Waals surface area contributed by atoms with Crippen LogP contribution in [0.25, 0.3) is 0 Å². The summed E-state index contributed by atoms with van der Waals surface area (Å²) in [5.41, 5.74) is 0. The van der Waals surface area contributed by atoms with E-state index in [0.717, 1.165) is 0 Å². The molecule has 0 spiro atoms. The summed E-state index contributed by atoms with van der Waals surface area (Å²) in [7, 11) is 0. The monoisotopic (exact) mass is 190 g/mol. The largest absolute Gasteiger partial charge is 0.375 e. The van der Waals surface area contributed by atoms with E-state index in [2.05, 4.69) is 12.6 Å². The Morgan fingerprint density at radius 3 is 2.80 bits per heavy atom. The highest BCUT2D eigenvalue weighted by Crippen LogP contribution is 2.73. The van der Waals surface area contributed by atoms with E-state index in [4.69, 9.17) is 0 Å². The van der Waals surface area contributed by atoms with Crippen molar-refractivity contribution in [3.05, 3.63) is 12.2 Å². The van der Waals surface area contributed by atoms with Crippen LogP contribution in [0.5, 0.6) is 0 Å². The summed E-state index contributed by atoms with van der Waals surface area (Å²) >= 11 is 7.96. The first-order valence-corrected chi connectivity index (χ1v) is 5.35. The van der Waals surface area contributed by atoms with Crippen LogP contribution in [0.3, 0.4) is 0 Å². The van der Waals surface area contributed by atoms with E-state index >= 15 is 0 Å². The Hall–Kier alpha value is 0.750. The Morgan fingerprint density at radius 1 is 1.30 bits per heavy atom. The minimum absolute atomic E-state index is 0.0837. The summed E-state index contributed by atoms with van der Waals surface area (Å²) in [6, 6.07) is 0. The molecule has 0 amide bonds. The van der Waals surface area contributed by atoms with Gasteiger partial charge in [0.1, 0.15) is 4.93 Å². The lowest BCUT2D eigenvalue weighted by atomic mass is 10.1. The lowest BCUT2D eigenvalue weighted by Crippen LogP contribution is -2.22. The molecule has 2 fully saturated rings. The van der Waals surface area contributed by atoms with Crippen molar-refractivity contribution in [2.45, 2.75) is 19.5 Å². The van der Waals surface area contributed by atoms with Crippen molar-refractivity contribution in [3.63, 3.8) is 0 Å². The molecule has 10 heavy (non-hydrogen) atoms. The molecule has 0 aromatic rings. The fourth-order valence-corrected chi connectivity index (χ4v) is 4.64. The van der Waals surface area contributed by atoms with Crippen molar-refractivity contribution in [2.75, 3.05) is 0 Å². The zero-order valence-corrected chi connectivity index (χ0v) is 7.55. The first-order valence-electron chi connectivity index (χ1n) is 3.15. The summed E-state index contributed by atoms with van der Waals surface area (Å²) < 4.78 is 0.0837. The summed E-state index contributed by atoms with van der Waals surface area (Å²) in [5.74, 6) is 0. The van der Waals surface area contributed by atoms with Crippen molar-refractivity contribution in [2.24, 2.45) is 0 Å². The third kappa shape index (κ3) is 0.594. The highest BCUT2D eigenvalue weighted by molar-refractivity contribution is 8.22. The van der Waals surface area contributed by atoms with Crippen molar-refractivity contribution in [1.29, 1.82) is 0 Å². The second kappa shape index (κ2) is 1.44. The first kappa shape index (κ1) is 6.29. The third-order valence-electron chi connectivity index (χ3n) is 2.17. The molecule has 0 aromatic heterocycles. The second-order valence-electron chi connectivity index (χ2n) is 2.91. The van der Waals surface area contributed by atoms with Crippen molar-refractivity contribution < 1.29 is 5.11 Å². The lowest BCUT2D eigenvalue weighted by molar-refractivity contribution is 0.217. The predicted molar refractivity (Wildman–Crippen MR) is 48.6 cm³/mol. The van der Waals surface area contributed by atoms with Crippen LogP contribution < -0.4 is 0 Å². The van der Waals surface area contributed by atoms with E-state index in [1.165, 1.54) is 0 Å². The second-order valence-corrected chi connectivity index (χ2v) is 6.77. The molecule has 0 saturated carbocycles. The molecule has 4 atom stereocenters. The third-order valence-corrected chi connectivity index (χ3v) is 6.07. The van der Waals surface area contributed by atoms with E-state index in [9.17, 15) is 5.11 Å². The van der Waals surface area contributed by atoms with Gasteiger partial charge in [-0.15, -0.1) is 23.5 Å². The zero-order chi connectivity index (χ0) is 6.98. The van der Waals surface area contributed by atoms with Gasteiger partial charge in [0.25, 0.3) is 0 Å². The molecule has 2 saturated heterocycles. The molecule has 2 aliphatic heterocycles. The maximum absolute atomic E-state index is 9.59. The van der Waals surface area contributed by atoms with E-state index in [1.807, 2.05) is 23.9 Å². The molecular weight excluding hydrogens is 184 g/mol. The van der Waals surface area contributed by atoms with Gasteiger partial charge in [-0.25, -0.2) is 0 Å². The van der Waals surface area contributed by atoms with Crippen LogP contribution in [0.2, 0.25) is 0 Å². The Kier molecular flexibility index (Phi) is 0.907.